The van der Waals surface area contributed by atoms with E-state index in [4.69, 9.17) is 21.1 Å². The van der Waals surface area contributed by atoms with E-state index >= 15 is 0 Å². The zero-order valence-electron chi connectivity index (χ0n) is 12.3. The van der Waals surface area contributed by atoms with Gasteiger partial charge in [-0.05, 0) is 36.8 Å². The smallest absolute Gasteiger partial charge is 0.121 e. The fourth-order valence-electron chi connectivity index (χ4n) is 2.03. The maximum absolute atomic E-state index is 6.03. The number of ether oxygens (including phenoxy) is 2. The Kier molecular flexibility index (Phi) is 5.90. The Morgan fingerprint density at radius 2 is 1.90 bits per heavy atom. The Morgan fingerprint density at radius 1 is 1.10 bits per heavy atom. The van der Waals surface area contributed by atoms with Gasteiger partial charge in [0.05, 0.1) is 6.61 Å². The van der Waals surface area contributed by atoms with Crippen molar-refractivity contribution in [1.82, 2.24) is 0 Å². The Balaban J connectivity index is 2.00. The molecule has 0 aromatic heterocycles. The average Bonchev–Trinajstić information content (AvgIpc) is 2.48. The predicted molar refractivity (Wildman–Crippen MR) is 87.3 cm³/mol. The van der Waals surface area contributed by atoms with E-state index in [1.54, 1.807) is 7.11 Å². The minimum Gasteiger partial charge on any atom is -0.491 e. The van der Waals surface area contributed by atoms with Crippen molar-refractivity contribution in [3.8, 4) is 5.75 Å². The molecule has 1 unspecified atom stereocenters. The molecule has 0 saturated carbocycles. The molecule has 0 aliphatic rings. The summed E-state index contributed by atoms with van der Waals surface area (Å²) in [5, 5.41) is 4.19. The minimum atomic E-state index is 0.165. The van der Waals surface area contributed by atoms with Gasteiger partial charge in [0.15, 0.2) is 0 Å². The van der Waals surface area contributed by atoms with Crippen molar-refractivity contribution >= 4 is 17.3 Å². The molecule has 0 aliphatic carbocycles. The van der Waals surface area contributed by atoms with Crippen molar-refractivity contribution < 1.29 is 9.47 Å². The largest absolute Gasteiger partial charge is 0.491 e. The van der Waals surface area contributed by atoms with Gasteiger partial charge in [0.1, 0.15) is 12.4 Å². The highest BCUT2D eigenvalue weighted by atomic mass is 35.5. The molecule has 0 aliphatic heterocycles. The fourth-order valence-corrected chi connectivity index (χ4v) is 2.23. The van der Waals surface area contributed by atoms with Gasteiger partial charge in [-0.3, -0.25) is 0 Å². The highest BCUT2D eigenvalue weighted by Gasteiger charge is 2.06. The molecule has 2 aromatic rings. The first-order valence-corrected chi connectivity index (χ1v) is 7.30. The maximum Gasteiger partial charge on any atom is 0.121 e. The number of nitrogens with one attached hydrogen (secondary N) is 1. The summed E-state index contributed by atoms with van der Waals surface area (Å²) in [7, 11) is 1.66. The lowest BCUT2D eigenvalue weighted by Crippen LogP contribution is -2.07. The second kappa shape index (κ2) is 7.91. The number of rotatable bonds is 7. The predicted octanol–water partition coefficient (Wildman–Crippen LogP) is 4.54. The van der Waals surface area contributed by atoms with Crippen molar-refractivity contribution in [3.63, 3.8) is 0 Å². The standard InChI is InChI=1S/C17H20ClNO2/c1-13(14-5-3-6-15(18)11-14)19-16-7-4-8-17(12-16)21-10-9-20-2/h3-8,11-13,19H,9-10H2,1-2H3. The number of anilines is 1. The van der Waals surface area contributed by atoms with Crippen LogP contribution in [-0.4, -0.2) is 20.3 Å². The molecule has 0 heterocycles. The SMILES string of the molecule is COCCOc1cccc(NC(C)c2cccc(Cl)c2)c1. The highest BCUT2D eigenvalue weighted by Crippen LogP contribution is 2.24. The van der Waals surface area contributed by atoms with E-state index in [1.807, 2.05) is 42.5 Å². The van der Waals surface area contributed by atoms with Gasteiger partial charge >= 0.3 is 0 Å². The molecule has 21 heavy (non-hydrogen) atoms. The van der Waals surface area contributed by atoms with Crippen LogP contribution in [0.3, 0.4) is 0 Å². The summed E-state index contributed by atoms with van der Waals surface area (Å²) in [6.45, 7) is 3.23. The molecule has 4 heteroatoms. The van der Waals surface area contributed by atoms with Crippen LogP contribution in [0.4, 0.5) is 5.69 Å². The van der Waals surface area contributed by atoms with Gasteiger partial charge in [-0.2, -0.15) is 0 Å². The van der Waals surface area contributed by atoms with E-state index in [1.165, 1.54) is 0 Å². The third-order valence-corrected chi connectivity index (χ3v) is 3.36. The van der Waals surface area contributed by atoms with Gasteiger partial charge in [-0.1, -0.05) is 29.8 Å². The Bertz CT molecular complexity index is 574. The summed E-state index contributed by atoms with van der Waals surface area (Å²) in [5.74, 6) is 0.829. The van der Waals surface area contributed by atoms with Crippen molar-refractivity contribution in [1.29, 1.82) is 0 Å². The van der Waals surface area contributed by atoms with Crippen molar-refractivity contribution in [2.45, 2.75) is 13.0 Å². The van der Waals surface area contributed by atoms with E-state index in [0.29, 0.717) is 13.2 Å². The molecule has 112 valence electrons. The summed E-state index contributed by atoms with van der Waals surface area (Å²) < 4.78 is 10.6. The topological polar surface area (TPSA) is 30.5 Å². The lowest BCUT2D eigenvalue weighted by atomic mass is 10.1. The van der Waals surface area contributed by atoms with Crippen LogP contribution in [-0.2, 0) is 4.74 Å². The lowest BCUT2D eigenvalue weighted by Gasteiger charge is -2.17. The molecule has 0 spiro atoms. The van der Waals surface area contributed by atoms with Crippen LogP contribution in [0.1, 0.15) is 18.5 Å². The number of benzene rings is 2. The highest BCUT2D eigenvalue weighted by molar-refractivity contribution is 6.30. The second-order valence-electron chi connectivity index (χ2n) is 4.79. The van der Waals surface area contributed by atoms with Crippen LogP contribution in [0.2, 0.25) is 5.02 Å². The quantitative estimate of drug-likeness (QED) is 0.762. The van der Waals surface area contributed by atoms with Crippen LogP contribution < -0.4 is 10.1 Å². The lowest BCUT2D eigenvalue weighted by molar-refractivity contribution is 0.146. The Labute approximate surface area is 130 Å². The van der Waals surface area contributed by atoms with Gasteiger partial charge in [-0.15, -0.1) is 0 Å². The first-order chi connectivity index (χ1) is 10.2. The summed E-state index contributed by atoms with van der Waals surface area (Å²) in [4.78, 5) is 0. The summed E-state index contributed by atoms with van der Waals surface area (Å²) in [6, 6.07) is 15.9. The first kappa shape index (κ1) is 15.7. The number of methoxy groups -OCH3 is 1. The maximum atomic E-state index is 6.03. The third kappa shape index (κ3) is 4.96. The van der Waals surface area contributed by atoms with Crippen LogP contribution in [0.5, 0.6) is 5.75 Å². The molecule has 1 N–H and O–H groups in total. The summed E-state index contributed by atoms with van der Waals surface area (Å²) in [5.41, 5.74) is 2.16. The molecular weight excluding hydrogens is 286 g/mol. The van der Waals surface area contributed by atoms with Crippen LogP contribution >= 0.6 is 11.6 Å². The average molecular weight is 306 g/mol. The van der Waals surface area contributed by atoms with E-state index in [0.717, 1.165) is 22.0 Å². The number of hydrogen-bond acceptors (Lipinski definition) is 3. The van der Waals surface area contributed by atoms with E-state index in [9.17, 15) is 0 Å². The van der Waals surface area contributed by atoms with Crippen LogP contribution in [0.25, 0.3) is 0 Å². The second-order valence-corrected chi connectivity index (χ2v) is 5.23. The molecule has 1 atom stereocenters. The fraction of sp³-hybridized carbons (Fsp3) is 0.294. The molecule has 0 radical (unpaired) electrons. The molecule has 3 nitrogen and oxygen atoms in total. The van der Waals surface area contributed by atoms with Crippen LogP contribution in [0, 0.1) is 0 Å². The molecular formula is C17H20ClNO2. The van der Waals surface area contributed by atoms with Gasteiger partial charge in [0.2, 0.25) is 0 Å². The van der Waals surface area contributed by atoms with Crippen LogP contribution in [0.15, 0.2) is 48.5 Å². The van der Waals surface area contributed by atoms with E-state index < -0.39 is 0 Å². The zero-order chi connectivity index (χ0) is 15.1. The number of hydrogen-bond donors (Lipinski definition) is 1. The van der Waals surface area contributed by atoms with Crippen molar-refractivity contribution in [2.24, 2.45) is 0 Å². The van der Waals surface area contributed by atoms with Gasteiger partial charge in [-0.25, -0.2) is 0 Å². The zero-order valence-corrected chi connectivity index (χ0v) is 13.1. The minimum absolute atomic E-state index is 0.165. The van der Waals surface area contributed by atoms with Gasteiger partial charge in [0, 0.05) is 29.9 Å². The summed E-state index contributed by atoms with van der Waals surface area (Å²) in [6.07, 6.45) is 0. The molecule has 0 saturated heterocycles. The van der Waals surface area contributed by atoms with E-state index in [-0.39, 0.29) is 6.04 Å². The van der Waals surface area contributed by atoms with Gasteiger partial charge in [0.25, 0.3) is 0 Å². The van der Waals surface area contributed by atoms with Crippen molar-refractivity contribution in [3.05, 3.63) is 59.1 Å². The Morgan fingerprint density at radius 3 is 2.67 bits per heavy atom. The first-order valence-electron chi connectivity index (χ1n) is 6.93. The van der Waals surface area contributed by atoms with E-state index in [2.05, 4.69) is 18.3 Å². The molecule has 0 bridgehead atoms. The third-order valence-electron chi connectivity index (χ3n) is 3.12. The molecule has 2 rings (SSSR count). The monoisotopic (exact) mass is 305 g/mol. The summed E-state index contributed by atoms with van der Waals surface area (Å²) >= 11 is 6.03. The molecule has 2 aromatic carbocycles. The molecule has 0 fully saturated rings. The Hall–Kier alpha value is -1.71. The van der Waals surface area contributed by atoms with Gasteiger partial charge < -0.3 is 14.8 Å². The number of halogens is 1. The normalized spacial score (nSPS) is 12.0. The molecule has 0 amide bonds. The van der Waals surface area contributed by atoms with Crippen molar-refractivity contribution in [2.75, 3.05) is 25.6 Å².